The largest absolute Gasteiger partial charge is 0.481 e. The number of benzene rings is 1. The molecular weight excluding hydrogens is 332 g/mol. The quantitative estimate of drug-likeness (QED) is 0.882. The van der Waals surface area contributed by atoms with Crippen LogP contribution >= 0.6 is 0 Å². The molecular formula is C14H15F2NO5S. The Hall–Kier alpha value is -1.58. The molecule has 1 aromatic carbocycles. The van der Waals surface area contributed by atoms with Crippen molar-refractivity contribution in [1.29, 1.82) is 0 Å². The highest BCUT2D eigenvalue weighted by atomic mass is 32.2. The van der Waals surface area contributed by atoms with Crippen LogP contribution in [0.2, 0.25) is 0 Å². The highest BCUT2D eigenvalue weighted by molar-refractivity contribution is 7.89. The fraction of sp³-hybridized carbons (Fsp3) is 0.500. The van der Waals surface area contributed by atoms with Crippen LogP contribution in [0.4, 0.5) is 8.78 Å². The third kappa shape index (κ3) is 2.52. The van der Waals surface area contributed by atoms with Crippen LogP contribution in [-0.2, 0) is 19.6 Å². The molecule has 1 N–H and O–H groups in total. The summed E-state index contributed by atoms with van der Waals surface area (Å²) in [5.74, 6) is -4.69. The van der Waals surface area contributed by atoms with Gasteiger partial charge in [0.1, 0.15) is 11.6 Å². The van der Waals surface area contributed by atoms with Gasteiger partial charge in [0.25, 0.3) is 0 Å². The molecule has 9 heteroatoms. The molecule has 0 radical (unpaired) electrons. The number of sulfonamides is 1. The lowest BCUT2D eigenvalue weighted by Gasteiger charge is -2.19. The predicted molar refractivity (Wildman–Crippen MR) is 74.2 cm³/mol. The minimum absolute atomic E-state index is 0.0176. The van der Waals surface area contributed by atoms with E-state index in [1.807, 2.05) is 0 Å². The number of hydrogen-bond acceptors (Lipinski definition) is 4. The molecule has 2 saturated heterocycles. The van der Waals surface area contributed by atoms with Crippen LogP contribution in [0.15, 0.2) is 17.0 Å². The maximum Gasteiger partial charge on any atom is 0.309 e. The first-order valence-electron chi connectivity index (χ1n) is 7.02. The van der Waals surface area contributed by atoms with E-state index >= 15 is 0 Å². The molecule has 0 saturated carbocycles. The van der Waals surface area contributed by atoms with Gasteiger partial charge in [-0.3, -0.25) is 4.79 Å². The van der Waals surface area contributed by atoms with Gasteiger partial charge < -0.3 is 9.84 Å². The van der Waals surface area contributed by atoms with Gasteiger partial charge in [0.05, 0.1) is 18.6 Å². The van der Waals surface area contributed by atoms with E-state index in [1.54, 1.807) is 0 Å². The molecule has 3 atom stereocenters. The van der Waals surface area contributed by atoms with Crippen molar-refractivity contribution in [3.05, 3.63) is 29.3 Å². The lowest BCUT2D eigenvalue weighted by atomic mass is 9.94. The number of rotatable bonds is 3. The zero-order valence-corrected chi connectivity index (χ0v) is 13.0. The summed E-state index contributed by atoms with van der Waals surface area (Å²) in [5, 5.41) is 9.12. The van der Waals surface area contributed by atoms with Crippen LogP contribution in [0.1, 0.15) is 5.56 Å². The van der Waals surface area contributed by atoms with E-state index in [4.69, 9.17) is 9.84 Å². The van der Waals surface area contributed by atoms with Gasteiger partial charge in [-0.1, -0.05) is 6.07 Å². The maximum absolute atomic E-state index is 14.1. The molecule has 6 nitrogen and oxygen atoms in total. The smallest absolute Gasteiger partial charge is 0.309 e. The number of aliphatic carboxylic acids is 1. The number of carboxylic acids is 1. The van der Waals surface area contributed by atoms with Crippen molar-refractivity contribution in [3.63, 3.8) is 0 Å². The molecule has 126 valence electrons. The minimum atomic E-state index is -4.40. The van der Waals surface area contributed by atoms with Crippen molar-refractivity contribution < 1.29 is 31.8 Å². The highest BCUT2D eigenvalue weighted by Crippen LogP contribution is 2.37. The second-order valence-electron chi connectivity index (χ2n) is 5.81. The molecule has 0 amide bonds. The molecule has 1 aromatic rings. The lowest BCUT2D eigenvalue weighted by molar-refractivity contribution is -0.142. The average Bonchev–Trinajstić information content (AvgIpc) is 3.02. The zero-order valence-electron chi connectivity index (χ0n) is 12.2. The Morgan fingerprint density at radius 3 is 2.70 bits per heavy atom. The maximum atomic E-state index is 14.1. The van der Waals surface area contributed by atoms with Crippen molar-refractivity contribution in [2.24, 2.45) is 11.8 Å². The Kier molecular flexibility index (Phi) is 3.89. The third-order valence-electron chi connectivity index (χ3n) is 4.44. The number of hydrogen-bond donors (Lipinski definition) is 1. The second kappa shape index (κ2) is 5.50. The lowest BCUT2D eigenvalue weighted by Crippen LogP contribution is -2.33. The summed E-state index contributed by atoms with van der Waals surface area (Å²) < 4.78 is 59.4. The Morgan fingerprint density at radius 2 is 2.04 bits per heavy atom. The van der Waals surface area contributed by atoms with Gasteiger partial charge in [0, 0.05) is 19.0 Å². The molecule has 2 aliphatic heterocycles. The standard InChI is InChI=1S/C14H15F2NO5S/c1-7-2-3-10(15)13(12(7)16)23(20,21)17-4-8-9(14(18)19)6-22-11(8)5-17/h2-3,8-9,11H,4-6H2,1H3,(H,18,19)/t8-,9-,11-/m0/s1. The Bertz CT molecular complexity index is 767. The van der Waals surface area contributed by atoms with E-state index in [9.17, 15) is 22.0 Å². The van der Waals surface area contributed by atoms with E-state index in [-0.39, 0.29) is 25.3 Å². The normalized spacial score (nSPS) is 28.0. The van der Waals surface area contributed by atoms with Crippen LogP contribution < -0.4 is 0 Å². The summed E-state index contributed by atoms with van der Waals surface area (Å²) in [7, 11) is -4.40. The van der Waals surface area contributed by atoms with Gasteiger partial charge in [0.15, 0.2) is 4.90 Å². The van der Waals surface area contributed by atoms with Crippen LogP contribution in [-0.4, -0.2) is 49.6 Å². The topological polar surface area (TPSA) is 83.9 Å². The van der Waals surface area contributed by atoms with Crippen LogP contribution in [0.3, 0.4) is 0 Å². The van der Waals surface area contributed by atoms with Gasteiger partial charge in [-0.2, -0.15) is 4.31 Å². The molecule has 2 aliphatic rings. The zero-order chi connectivity index (χ0) is 16.9. The van der Waals surface area contributed by atoms with E-state index in [0.29, 0.717) is 0 Å². The molecule has 0 unspecified atom stereocenters. The molecule has 0 aromatic heterocycles. The molecule has 2 heterocycles. The number of fused-ring (bicyclic) bond motifs is 1. The predicted octanol–water partition coefficient (Wildman–Crippen LogP) is 0.993. The first-order chi connectivity index (χ1) is 10.7. The minimum Gasteiger partial charge on any atom is -0.481 e. The highest BCUT2D eigenvalue weighted by Gasteiger charge is 2.50. The number of carboxylic acid groups (broad SMARTS) is 1. The monoisotopic (exact) mass is 347 g/mol. The van der Waals surface area contributed by atoms with Crippen molar-refractivity contribution in [2.75, 3.05) is 19.7 Å². The van der Waals surface area contributed by atoms with Gasteiger partial charge in [-0.15, -0.1) is 0 Å². The van der Waals surface area contributed by atoms with E-state index in [1.165, 1.54) is 6.92 Å². The van der Waals surface area contributed by atoms with Gasteiger partial charge in [-0.05, 0) is 18.6 Å². The first kappa shape index (κ1) is 16.3. The summed E-state index contributed by atoms with van der Waals surface area (Å²) in [6.07, 6.45) is -0.568. The molecule has 0 bridgehead atoms. The molecule has 3 rings (SSSR count). The van der Waals surface area contributed by atoms with Crippen molar-refractivity contribution in [2.45, 2.75) is 17.9 Å². The van der Waals surface area contributed by atoms with E-state index < -0.39 is 50.5 Å². The Morgan fingerprint density at radius 1 is 1.35 bits per heavy atom. The molecule has 2 fully saturated rings. The fourth-order valence-corrected chi connectivity index (χ4v) is 4.80. The van der Waals surface area contributed by atoms with Crippen molar-refractivity contribution in [3.8, 4) is 0 Å². The van der Waals surface area contributed by atoms with E-state index in [2.05, 4.69) is 0 Å². The molecule has 23 heavy (non-hydrogen) atoms. The summed E-state index contributed by atoms with van der Waals surface area (Å²) in [5.41, 5.74) is 0.0176. The van der Waals surface area contributed by atoms with E-state index in [0.717, 1.165) is 16.4 Å². The first-order valence-corrected chi connectivity index (χ1v) is 8.46. The van der Waals surface area contributed by atoms with Crippen molar-refractivity contribution >= 4 is 16.0 Å². The fourth-order valence-electron chi connectivity index (χ4n) is 3.12. The number of halogens is 2. The number of aryl methyl sites for hydroxylation is 1. The number of carbonyl (C=O) groups is 1. The SMILES string of the molecule is Cc1ccc(F)c(S(=O)(=O)N2C[C@@H]3[C@H](C2)OC[C@@H]3C(=O)O)c1F. The molecule has 0 spiro atoms. The summed E-state index contributed by atoms with van der Waals surface area (Å²) in [4.78, 5) is 10.2. The van der Waals surface area contributed by atoms with Crippen LogP contribution in [0.5, 0.6) is 0 Å². The Balaban J connectivity index is 1.94. The van der Waals surface area contributed by atoms with Crippen molar-refractivity contribution in [1.82, 2.24) is 4.31 Å². The second-order valence-corrected chi connectivity index (χ2v) is 7.68. The number of ether oxygens (including phenoxy) is 1. The summed E-state index contributed by atoms with van der Waals surface area (Å²) in [6, 6.07) is 2.06. The van der Waals surface area contributed by atoms with Crippen LogP contribution in [0.25, 0.3) is 0 Å². The molecule has 0 aliphatic carbocycles. The van der Waals surface area contributed by atoms with Gasteiger partial charge in [0.2, 0.25) is 10.0 Å². The summed E-state index contributed by atoms with van der Waals surface area (Å²) >= 11 is 0. The summed E-state index contributed by atoms with van der Waals surface area (Å²) in [6.45, 7) is 1.13. The number of nitrogens with zero attached hydrogens (tertiary/aromatic N) is 1. The third-order valence-corrected chi connectivity index (χ3v) is 6.31. The van der Waals surface area contributed by atoms with Gasteiger partial charge >= 0.3 is 5.97 Å². The van der Waals surface area contributed by atoms with Crippen LogP contribution in [0, 0.1) is 30.4 Å². The Labute approximate surface area is 131 Å². The average molecular weight is 347 g/mol. The van der Waals surface area contributed by atoms with Gasteiger partial charge in [-0.25, -0.2) is 17.2 Å².